The molecule has 2 heterocycles. The lowest BCUT2D eigenvalue weighted by Gasteiger charge is -2.20. The van der Waals surface area contributed by atoms with Gasteiger partial charge in [0, 0.05) is 23.0 Å². The molecule has 0 saturated heterocycles. The van der Waals surface area contributed by atoms with Gasteiger partial charge in [0.05, 0.1) is 23.4 Å². The number of allylic oxidation sites excluding steroid dienone is 1. The van der Waals surface area contributed by atoms with Crippen LogP contribution in [-0.2, 0) is 20.7 Å². The van der Waals surface area contributed by atoms with Crippen LogP contribution in [0.4, 0.5) is 16.5 Å². The van der Waals surface area contributed by atoms with Gasteiger partial charge in [-0.1, -0.05) is 41.7 Å². The Morgan fingerprint density at radius 1 is 1.09 bits per heavy atom. The highest BCUT2D eigenvalue weighted by Gasteiger charge is 2.26. The van der Waals surface area contributed by atoms with Gasteiger partial charge in [-0.15, -0.1) is 0 Å². The summed E-state index contributed by atoms with van der Waals surface area (Å²) in [6.45, 7) is 5.41. The number of nitrogens with zero attached hydrogens (tertiary/aromatic N) is 2. The summed E-state index contributed by atoms with van der Waals surface area (Å²) < 4.78 is 5.55. The minimum absolute atomic E-state index is 0.0624. The molecule has 3 aromatic rings. The minimum Gasteiger partial charge on any atom is -0.492 e. The molecule has 0 spiro atoms. The van der Waals surface area contributed by atoms with E-state index in [-0.39, 0.29) is 18.7 Å². The maximum Gasteiger partial charge on any atom is 0.310 e. The molecule has 2 aromatic carbocycles. The molecular weight excluding hydrogens is 466 g/mol. The number of nitrogens with one attached hydrogen (secondary N) is 1. The second-order valence-corrected chi connectivity index (χ2v) is 9.99. The maximum absolute atomic E-state index is 12.8. The summed E-state index contributed by atoms with van der Waals surface area (Å²) in [5, 5.41) is 23.2. The molecule has 0 saturated carbocycles. The van der Waals surface area contributed by atoms with Crippen LogP contribution in [0.15, 0.2) is 53.5 Å². The van der Waals surface area contributed by atoms with Gasteiger partial charge in [0.15, 0.2) is 5.13 Å². The zero-order valence-electron chi connectivity index (χ0n) is 19.5. The lowest BCUT2D eigenvalue weighted by Crippen LogP contribution is -2.24. The van der Waals surface area contributed by atoms with Crippen LogP contribution in [0.25, 0.3) is 11.1 Å². The van der Waals surface area contributed by atoms with E-state index >= 15 is 0 Å². The van der Waals surface area contributed by atoms with Crippen LogP contribution in [0.5, 0.6) is 5.88 Å². The third kappa shape index (κ3) is 5.93. The number of carboxylic acid groups (broad SMARTS) is 1. The number of carbonyl (C=O) groups is 2. The Morgan fingerprint density at radius 3 is 2.49 bits per heavy atom. The average molecular weight is 492 g/mol. The van der Waals surface area contributed by atoms with E-state index in [1.54, 1.807) is 51.3 Å². The summed E-state index contributed by atoms with van der Waals surface area (Å²) in [5.74, 6) is -1.53. The molecule has 1 aromatic heterocycles. The van der Waals surface area contributed by atoms with Crippen LogP contribution in [-0.4, -0.2) is 39.0 Å². The van der Waals surface area contributed by atoms with Crippen molar-refractivity contribution in [3.63, 3.8) is 0 Å². The Bertz CT molecular complexity index is 1330. The Hall–Kier alpha value is -3.98. The molecule has 4 rings (SSSR count). The molecule has 8 nitrogen and oxygen atoms in total. The first-order valence-electron chi connectivity index (χ1n) is 11.0. The number of carbonyl (C=O) groups excluding carboxylic acids is 1. The van der Waals surface area contributed by atoms with Gasteiger partial charge >= 0.3 is 11.9 Å². The summed E-state index contributed by atoms with van der Waals surface area (Å²) in [5.41, 5.74) is 3.67. The Balaban J connectivity index is 1.67. The van der Waals surface area contributed by atoms with E-state index in [4.69, 9.17) is 9.84 Å². The van der Waals surface area contributed by atoms with Gasteiger partial charge < -0.3 is 20.3 Å². The van der Waals surface area contributed by atoms with E-state index in [2.05, 4.69) is 15.3 Å². The number of fused-ring (bicyclic) bond motifs is 1. The number of esters is 1. The van der Waals surface area contributed by atoms with Crippen molar-refractivity contribution in [2.45, 2.75) is 39.2 Å². The minimum atomic E-state index is -0.900. The average Bonchev–Trinajstić information content (AvgIpc) is 3.35. The number of aliphatic carboxylic acids is 1. The van der Waals surface area contributed by atoms with Crippen LogP contribution < -0.4 is 5.32 Å². The Labute approximate surface area is 206 Å². The van der Waals surface area contributed by atoms with Crippen LogP contribution in [0, 0.1) is 0 Å². The maximum atomic E-state index is 12.8. The SMILES string of the molecule is CC(C)(C)OC(=O)CC(=C1C=Nc2ccccc21)c1sc(Nc2ccc(CC(=O)O)cc2)nc1O. The standard InChI is InChI=1S/C26H25N3O5S/c1-26(2,3)34-22(32)13-18(19-14-27-20-7-5-4-6-17(19)20)23-24(33)29-25(35-23)28-16-10-8-15(9-11-16)12-21(30)31/h4-11,14,33H,12-13H2,1-3H3,(H,28,29)(H,30,31). The fourth-order valence-electron chi connectivity index (χ4n) is 3.64. The van der Waals surface area contributed by atoms with E-state index < -0.39 is 17.5 Å². The van der Waals surface area contributed by atoms with E-state index in [1.807, 2.05) is 24.3 Å². The van der Waals surface area contributed by atoms with Crippen LogP contribution >= 0.6 is 11.3 Å². The van der Waals surface area contributed by atoms with Gasteiger partial charge in [-0.05, 0) is 50.1 Å². The molecule has 0 fully saturated rings. The molecule has 35 heavy (non-hydrogen) atoms. The first kappa shape index (κ1) is 24.2. The molecule has 180 valence electrons. The van der Waals surface area contributed by atoms with Gasteiger partial charge in [-0.2, -0.15) is 4.98 Å². The highest BCUT2D eigenvalue weighted by atomic mass is 32.1. The van der Waals surface area contributed by atoms with Gasteiger partial charge in [-0.25, -0.2) is 0 Å². The summed E-state index contributed by atoms with van der Waals surface area (Å²) in [6, 6.07) is 14.5. The zero-order chi connectivity index (χ0) is 25.2. The van der Waals surface area contributed by atoms with E-state index in [0.29, 0.717) is 26.8 Å². The number of aliphatic imine (C=N–C) groups is 1. The molecule has 1 aliphatic heterocycles. The molecule has 0 radical (unpaired) electrons. The van der Waals surface area contributed by atoms with Crippen LogP contribution in [0.3, 0.4) is 0 Å². The third-order valence-electron chi connectivity index (χ3n) is 5.04. The van der Waals surface area contributed by atoms with Crippen molar-refractivity contribution in [2.24, 2.45) is 4.99 Å². The molecule has 0 atom stereocenters. The van der Waals surface area contributed by atoms with E-state index in [1.165, 1.54) is 11.3 Å². The van der Waals surface area contributed by atoms with Crippen molar-refractivity contribution < 1.29 is 24.5 Å². The van der Waals surface area contributed by atoms with Crippen molar-refractivity contribution in [3.8, 4) is 5.88 Å². The van der Waals surface area contributed by atoms with Crippen molar-refractivity contribution in [1.29, 1.82) is 0 Å². The second-order valence-electron chi connectivity index (χ2n) is 8.99. The lowest BCUT2D eigenvalue weighted by molar-refractivity contribution is -0.153. The predicted molar refractivity (Wildman–Crippen MR) is 137 cm³/mol. The highest BCUT2D eigenvalue weighted by Crippen LogP contribution is 2.43. The molecule has 3 N–H and O–H groups in total. The molecule has 0 amide bonds. The Kier molecular flexibility index (Phi) is 6.70. The smallest absolute Gasteiger partial charge is 0.310 e. The van der Waals surface area contributed by atoms with Gasteiger partial charge in [0.2, 0.25) is 5.88 Å². The predicted octanol–water partition coefficient (Wildman–Crippen LogP) is 5.58. The normalized spacial score (nSPS) is 13.9. The van der Waals surface area contributed by atoms with Gasteiger partial charge in [-0.3, -0.25) is 14.6 Å². The van der Waals surface area contributed by atoms with E-state index in [0.717, 1.165) is 16.8 Å². The van der Waals surface area contributed by atoms with Crippen molar-refractivity contribution in [1.82, 2.24) is 4.98 Å². The quantitative estimate of drug-likeness (QED) is 0.369. The number of anilines is 2. The number of hydrogen-bond acceptors (Lipinski definition) is 8. The Morgan fingerprint density at radius 2 is 1.80 bits per heavy atom. The molecule has 0 bridgehead atoms. The summed E-state index contributed by atoms with van der Waals surface area (Å²) in [6.07, 6.45) is 1.57. The molecule has 0 aliphatic carbocycles. The summed E-state index contributed by atoms with van der Waals surface area (Å²) in [7, 11) is 0. The monoisotopic (exact) mass is 491 g/mol. The van der Waals surface area contributed by atoms with Crippen molar-refractivity contribution in [3.05, 3.63) is 64.5 Å². The highest BCUT2D eigenvalue weighted by molar-refractivity contribution is 7.17. The molecular formula is C26H25N3O5S. The molecule has 9 heteroatoms. The summed E-state index contributed by atoms with van der Waals surface area (Å²) >= 11 is 1.21. The number of carboxylic acids is 1. The lowest BCUT2D eigenvalue weighted by atomic mass is 9.98. The van der Waals surface area contributed by atoms with Crippen LogP contribution in [0.2, 0.25) is 0 Å². The van der Waals surface area contributed by atoms with Crippen molar-refractivity contribution in [2.75, 3.05) is 5.32 Å². The number of rotatable bonds is 7. The number of hydrogen-bond donors (Lipinski definition) is 3. The first-order valence-corrected chi connectivity index (χ1v) is 11.8. The fourth-order valence-corrected chi connectivity index (χ4v) is 4.58. The topological polar surface area (TPSA) is 121 Å². The van der Waals surface area contributed by atoms with Gasteiger partial charge in [0.25, 0.3) is 0 Å². The van der Waals surface area contributed by atoms with Crippen molar-refractivity contribution >= 4 is 57.1 Å². The number of thiazole rings is 1. The number of benzene rings is 2. The third-order valence-corrected chi connectivity index (χ3v) is 6.06. The number of aromatic nitrogens is 1. The van der Waals surface area contributed by atoms with Gasteiger partial charge in [0.1, 0.15) is 5.60 Å². The summed E-state index contributed by atoms with van der Waals surface area (Å²) in [4.78, 5) is 32.8. The largest absolute Gasteiger partial charge is 0.492 e. The number of aromatic hydroxyl groups is 1. The molecule has 0 unspecified atom stereocenters. The first-order chi connectivity index (χ1) is 16.6. The second kappa shape index (κ2) is 9.71. The van der Waals surface area contributed by atoms with Crippen LogP contribution in [0.1, 0.15) is 43.2 Å². The number of ether oxygens (including phenoxy) is 1. The molecule has 1 aliphatic rings. The zero-order valence-corrected chi connectivity index (χ0v) is 20.3. The van der Waals surface area contributed by atoms with E-state index in [9.17, 15) is 14.7 Å². The fraction of sp³-hybridized carbons (Fsp3) is 0.231. The number of para-hydroxylation sites is 1.